The molecule has 4 nitrogen and oxygen atoms in total. The number of rotatable bonds is 0. The fourth-order valence-electron chi connectivity index (χ4n) is 2.06. The monoisotopic (exact) mass is 240 g/mol. The van der Waals surface area contributed by atoms with Gasteiger partial charge in [-0.15, -0.1) is 11.3 Å². The first-order chi connectivity index (χ1) is 8.33. The smallest absolute Gasteiger partial charge is 0.145 e. The summed E-state index contributed by atoms with van der Waals surface area (Å²) in [5, 5.41) is 8.37. The molecule has 0 radical (unpaired) electrons. The summed E-state index contributed by atoms with van der Waals surface area (Å²) < 4.78 is 0. The maximum Gasteiger partial charge on any atom is 0.145 e. The number of aromatic nitrogens is 2. The van der Waals surface area contributed by atoms with Crippen LogP contribution in [0.25, 0.3) is 21.4 Å². The van der Waals surface area contributed by atoms with Gasteiger partial charge in [-0.2, -0.15) is 10.2 Å². The number of hydrogen-bond donors (Lipinski definition) is 0. The molecule has 3 heterocycles. The Hall–Kier alpha value is -1.88. The summed E-state index contributed by atoms with van der Waals surface area (Å²) in [5.74, 6) is 0. The molecule has 0 N–H and O–H groups in total. The fraction of sp³-hybridized carbons (Fsp3) is 0.167. The topological polar surface area (TPSA) is 50.5 Å². The Morgan fingerprint density at radius 2 is 1.88 bits per heavy atom. The first-order valence-corrected chi connectivity index (χ1v) is 6.24. The van der Waals surface area contributed by atoms with Crippen molar-refractivity contribution in [2.24, 2.45) is 10.2 Å². The minimum absolute atomic E-state index is 0.147. The van der Waals surface area contributed by atoms with Crippen molar-refractivity contribution >= 4 is 38.4 Å². The maximum absolute atomic E-state index is 4.64. The predicted molar refractivity (Wildman–Crippen MR) is 67.9 cm³/mol. The number of hydrogen-bond acceptors (Lipinski definition) is 5. The molecule has 0 amide bonds. The van der Waals surface area contributed by atoms with Crippen molar-refractivity contribution < 1.29 is 0 Å². The molecule has 4 rings (SSSR count). The first kappa shape index (κ1) is 9.18. The molecule has 0 spiro atoms. The summed E-state index contributed by atoms with van der Waals surface area (Å²) in [7, 11) is 0. The van der Waals surface area contributed by atoms with E-state index in [-0.39, 0.29) is 6.04 Å². The van der Waals surface area contributed by atoms with Crippen LogP contribution >= 0.6 is 11.3 Å². The van der Waals surface area contributed by atoms with Crippen LogP contribution in [0.5, 0.6) is 0 Å². The normalized spacial score (nSPS) is 18.1. The largest absolute Gasteiger partial charge is 0.241 e. The third kappa shape index (κ3) is 1.17. The summed E-state index contributed by atoms with van der Waals surface area (Å²) in [5.41, 5.74) is 3.65. The van der Waals surface area contributed by atoms with E-state index in [2.05, 4.69) is 20.2 Å². The molecule has 0 saturated heterocycles. The summed E-state index contributed by atoms with van der Waals surface area (Å²) in [6, 6.07) is 8.06. The molecule has 0 saturated carbocycles. The fourth-order valence-corrected chi connectivity index (χ4v) is 3.10. The lowest BCUT2D eigenvalue weighted by Gasteiger charge is -1.95. The van der Waals surface area contributed by atoms with Gasteiger partial charge in [-0.3, -0.25) is 0 Å². The highest BCUT2D eigenvalue weighted by Crippen LogP contribution is 2.45. The van der Waals surface area contributed by atoms with Gasteiger partial charge in [0.25, 0.3) is 0 Å². The lowest BCUT2D eigenvalue weighted by atomic mass is 10.2. The van der Waals surface area contributed by atoms with Crippen LogP contribution in [0.2, 0.25) is 0 Å². The highest BCUT2D eigenvalue weighted by molar-refractivity contribution is 7.19. The highest BCUT2D eigenvalue weighted by Gasteiger charge is 2.23. The van der Waals surface area contributed by atoms with E-state index >= 15 is 0 Å². The van der Waals surface area contributed by atoms with E-state index in [0.29, 0.717) is 0 Å². The predicted octanol–water partition coefficient (Wildman–Crippen LogP) is 4.00. The number of azo groups is 1. The molecule has 0 bridgehead atoms. The third-order valence-electron chi connectivity index (χ3n) is 2.91. The SMILES string of the molecule is CC1N=Nc2c1sc1nc3ccccc3nc21. The average molecular weight is 240 g/mol. The lowest BCUT2D eigenvalue weighted by Crippen LogP contribution is -1.82. The van der Waals surface area contributed by atoms with E-state index in [0.717, 1.165) is 27.1 Å². The molecular formula is C12H8N4S. The quantitative estimate of drug-likeness (QED) is 0.596. The van der Waals surface area contributed by atoms with Crippen LogP contribution in [0, 0.1) is 0 Å². The van der Waals surface area contributed by atoms with E-state index in [1.165, 1.54) is 4.88 Å². The van der Waals surface area contributed by atoms with Crippen molar-refractivity contribution in [2.75, 3.05) is 0 Å². The summed E-state index contributed by atoms with van der Waals surface area (Å²) in [6.07, 6.45) is 0. The van der Waals surface area contributed by atoms with Crippen molar-refractivity contribution in [3.63, 3.8) is 0 Å². The van der Waals surface area contributed by atoms with Crippen molar-refractivity contribution in [1.82, 2.24) is 9.97 Å². The third-order valence-corrected chi connectivity index (χ3v) is 4.15. The van der Waals surface area contributed by atoms with Crippen molar-refractivity contribution in [3.8, 4) is 0 Å². The standard InChI is InChI=1S/C12H8N4S/c1-6-11-9(16-15-6)10-12(17-11)14-8-5-3-2-4-7(8)13-10/h2-6H,1H3. The number of benzene rings is 1. The minimum atomic E-state index is 0.147. The molecule has 1 aliphatic rings. The Labute approximate surface area is 101 Å². The van der Waals surface area contributed by atoms with Crippen LogP contribution in [-0.2, 0) is 0 Å². The summed E-state index contributed by atoms with van der Waals surface area (Å²) >= 11 is 1.65. The van der Waals surface area contributed by atoms with Crippen molar-refractivity contribution in [1.29, 1.82) is 0 Å². The molecule has 5 heteroatoms. The molecule has 1 aromatic carbocycles. The molecule has 3 aromatic rings. The highest BCUT2D eigenvalue weighted by atomic mass is 32.1. The Kier molecular flexibility index (Phi) is 1.66. The molecular weight excluding hydrogens is 232 g/mol. The van der Waals surface area contributed by atoms with E-state index in [1.54, 1.807) is 11.3 Å². The summed E-state index contributed by atoms with van der Waals surface area (Å²) in [6.45, 7) is 2.05. The molecule has 17 heavy (non-hydrogen) atoms. The van der Waals surface area contributed by atoms with Gasteiger partial charge in [0.15, 0.2) is 0 Å². The van der Waals surface area contributed by atoms with Gasteiger partial charge in [0.05, 0.1) is 15.9 Å². The van der Waals surface area contributed by atoms with E-state index < -0.39 is 0 Å². The molecule has 0 aliphatic carbocycles. The van der Waals surface area contributed by atoms with Gasteiger partial charge >= 0.3 is 0 Å². The number of nitrogens with zero attached hydrogens (tertiary/aromatic N) is 4. The second-order valence-electron chi connectivity index (χ2n) is 4.07. The van der Waals surface area contributed by atoms with E-state index in [1.807, 2.05) is 31.2 Å². The molecule has 2 aromatic heterocycles. The second kappa shape index (κ2) is 3.07. The average Bonchev–Trinajstić information content (AvgIpc) is 2.87. The molecule has 1 atom stereocenters. The van der Waals surface area contributed by atoms with Crippen LogP contribution in [0.3, 0.4) is 0 Å². The molecule has 0 fully saturated rings. The molecule has 1 unspecified atom stereocenters. The Morgan fingerprint density at radius 3 is 2.71 bits per heavy atom. The molecule has 82 valence electrons. The van der Waals surface area contributed by atoms with E-state index in [9.17, 15) is 0 Å². The Morgan fingerprint density at radius 1 is 1.12 bits per heavy atom. The van der Waals surface area contributed by atoms with Crippen LogP contribution in [0.15, 0.2) is 34.5 Å². The van der Waals surface area contributed by atoms with Crippen LogP contribution in [0.4, 0.5) is 5.69 Å². The van der Waals surface area contributed by atoms with Crippen molar-refractivity contribution in [2.45, 2.75) is 13.0 Å². The van der Waals surface area contributed by atoms with Crippen molar-refractivity contribution in [3.05, 3.63) is 29.1 Å². The molecule has 1 aliphatic heterocycles. The summed E-state index contributed by atoms with van der Waals surface area (Å²) in [4.78, 5) is 11.4. The van der Waals surface area contributed by atoms with Crippen LogP contribution in [0.1, 0.15) is 17.8 Å². The Balaban J connectivity index is 2.17. The first-order valence-electron chi connectivity index (χ1n) is 5.43. The number of fused-ring (bicyclic) bond motifs is 4. The van der Waals surface area contributed by atoms with E-state index in [4.69, 9.17) is 0 Å². The number of thiophene rings is 1. The minimum Gasteiger partial charge on any atom is -0.241 e. The lowest BCUT2D eigenvalue weighted by molar-refractivity contribution is 0.824. The maximum atomic E-state index is 4.64. The zero-order valence-electron chi connectivity index (χ0n) is 9.08. The van der Waals surface area contributed by atoms with Gasteiger partial charge in [0.2, 0.25) is 0 Å². The van der Waals surface area contributed by atoms with Gasteiger partial charge in [0, 0.05) is 0 Å². The van der Waals surface area contributed by atoms with Gasteiger partial charge in [0.1, 0.15) is 22.1 Å². The van der Waals surface area contributed by atoms with Gasteiger partial charge in [-0.25, -0.2) is 9.97 Å². The van der Waals surface area contributed by atoms with Gasteiger partial charge < -0.3 is 0 Å². The van der Waals surface area contributed by atoms with Gasteiger partial charge in [-0.05, 0) is 19.1 Å². The van der Waals surface area contributed by atoms with Crippen LogP contribution in [-0.4, -0.2) is 9.97 Å². The van der Waals surface area contributed by atoms with Gasteiger partial charge in [-0.1, -0.05) is 12.1 Å². The zero-order valence-corrected chi connectivity index (χ0v) is 9.90. The second-order valence-corrected chi connectivity index (χ2v) is 5.10. The zero-order chi connectivity index (χ0) is 11.4. The Bertz CT molecular complexity index is 775. The van der Waals surface area contributed by atoms with Crippen LogP contribution < -0.4 is 0 Å². The number of para-hydroxylation sites is 2.